The summed E-state index contributed by atoms with van der Waals surface area (Å²) >= 11 is 1.45. The summed E-state index contributed by atoms with van der Waals surface area (Å²) in [6.45, 7) is 0. The molecule has 0 saturated heterocycles. The van der Waals surface area contributed by atoms with E-state index in [1.807, 2.05) is 5.38 Å². The minimum atomic E-state index is -0.358. The third kappa shape index (κ3) is 1.02. The van der Waals surface area contributed by atoms with Gasteiger partial charge in [0, 0.05) is 10.3 Å². The summed E-state index contributed by atoms with van der Waals surface area (Å²) in [6, 6.07) is 4.49. The van der Waals surface area contributed by atoms with Crippen molar-refractivity contribution in [3.63, 3.8) is 0 Å². The number of rotatable bonds is 1. The molecule has 0 unspecified atom stereocenters. The maximum atomic E-state index is 12.8. The second-order valence-electron chi connectivity index (χ2n) is 2.45. The zero-order valence-corrected chi connectivity index (χ0v) is 6.90. The van der Waals surface area contributed by atoms with Crippen LogP contribution in [0, 0.1) is 5.82 Å². The van der Waals surface area contributed by atoms with Crippen LogP contribution in [0.2, 0.25) is 0 Å². The van der Waals surface area contributed by atoms with E-state index < -0.39 is 0 Å². The fraction of sp³-hybridized carbons (Fsp3) is 0. The monoisotopic (exact) mass is 180 g/mol. The molecular weight excluding hydrogens is 175 g/mol. The molecule has 0 N–H and O–H groups in total. The maximum absolute atomic E-state index is 12.8. The summed E-state index contributed by atoms with van der Waals surface area (Å²) in [5.41, 5.74) is 0.431. The normalized spacial score (nSPS) is 10.4. The van der Waals surface area contributed by atoms with Gasteiger partial charge >= 0.3 is 0 Å². The number of hydrogen-bond acceptors (Lipinski definition) is 2. The Morgan fingerprint density at radius 2 is 2.25 bits per heavy atom. The summed E-state index contributed by atoms with van der Waals surface area (Å²) in [7, 11) is 0. The molecule has 1 aromatic heterocycles. The predicted molar refractivity (Wildman–Crippen MR) is 47.2 cm³/mol. The number of thiophene rings is 1. The molecule has 0 amide bonds. The first-order chi connectivity index (χ1) is 5.81. The van der Waals surface area contributed by atoms with Crippen LogP contribution in [-0.2, 0) is 0 Å². The Bertz CT molecular complexity index is 433. The van der Waals surface area contributed by atoms with Gasteiger partial charge in [-0.2, -0.15) is 0 Å². The highest BCUT2D eigenvalue weighted by Crippen LogP contribution is 2.24. The lowest BCUT2D eigenvalue weighted by molar-refractivity contribution is 0.112. The standard InChI is InChI=1S/C9H5FOS/c10-8-3-6-1-2-12-9(6)7(4-8)5-11/h1-5H. The number of carbonyl (C=O) groups is 1. The molecule has 0 atom stereocenters. The summed E-state index contributed by atoms with van der Waals surface area (Å²) in [6.07, 6.45) is 0.682. The molecule has 0 spiro atoms. The highest BCUT2D eigenvalue weighted by Gasteiger charge is 2.03. The fourth-order valence-corrected chi connectivity index (χ4v) is 2.02. The van der Waals surface area contributed by atoms with E-state index in [2.05, 4.69) is 0 Å². The average Bonchev–Trinajstić information content (AvgIpc) is 2.50. The first-order valence-electron chi connectivity index (χ1n) is 3.43. The van der Waals surface area contributed by atoms with Gasteiger partial charge in [-0.1, -0.05) is 0 Å². The summed E-state index contributed by atoms with van der Waals surface area (Å²) in [4.78, 5) is 10.5. The van der Waals surface area contributed by atoms with Gasteiger partial charge in [-0.05, 0) is 29.0 Å². The van der Waals surface area contributed by atoms with Crippen LogP contribution < -0.4 is 0 Å². The van der Waals surface area contributed by atoms with Crippen molar-refractivity contribution in [1.29, 1.82) is 0 Å². The van der Waals surface area contributed by atoms with Gasteiger partial charge in [-0.15, -0.1) is 11.3 Å². The van der Waals surface area contributed by atoms with Crippen molar-refractivity contribution in [2.45, 2.75) is 0 Å². The van der Waals surface area contributed by atoms with Crippen LogP contribution in [0.5, 0.6) is 0 Å². The molecular formula is C9H5FOS. The number of carbonyl (C=O) groups excluding carboxylic acids is 1. The highest BCUT2D eigenvalue weighted by molar-refractivity contribution is 7.17. The Morgan fingerprint density at radius 3 is 3.00 bits per heavy atom. The van der Waals surface area contributed by atoms with E-state index in [1.54, 1.807) is 6.07 Å². The molecule has 0 radical (unpaired) electrons. The molecule has 0 aliphatic rings. The third-order valence-electron chi connectivity index (χ3n) is 1.67. The molecule has 2 rings (SSSR count). The van der Waals surface area contributed by atoms with Gasteiger partial charge in [-0.25, -0.2) is 4.39 Å². The minimum absolute atomic E-state index is 0.358. The van der Waals surface area contributed by atoms with Gasteiger partial charge in [-0.3, -0.25) is 4.79 Å². The lowest BCUT2D eigenvalue weighted by Gasteiger charge is -1.93. The van der Waals surface area contributed by atoms with E-state index in [9.17, 15) is 9.18 Å². The van der Waals surface area contributed by atoms with Crippen molar-refractivity contribution >= 4 is 27.7 Å². The molecule has 1 nitrogen and oxygen atoms in total. The number of benzene rings is 1. The molecule has 2 aromatic rings. The second kappa shape index (κ2) is 2.68. The van der Waals surface area contributed by atoms with E-state index in [-0.39, 0.29) is 5.82 Å². The number of fused-ring (bicyclic) bond motifs is 1. The number of aldehydes is 1. The van der Waals surface area contributed by atoms with Crippen LogP contribution in [0.1, 0.15) is 10.4 Å². The minimum Gasteiger partial charge on any atom is -0.298 e. The topological polar surface area (TPSA) is 17.1 Å². The van der Waals surface area contributed by atoms with E-state index >= 15 is 0 Å². The van der Waals surface area contributed by atoms with E-state index in [4.69, 9.17) is 0 Å². The van der Waals surface area contributed by atoms with Crippen LogP contribution in [0.3, 0.4) is 0 Å². The Labute approximate surface area is 72.4 Å². The molecule has 0 fully saturated rings. The summed E-state index contributed by atoms with van der Waals surface area (Å²) in [5.74, 6) is -0.358. The second-order valence-corrected chi connectivity index (χ2v) is 3.37. The van der Waals surface area contributed by atoms with Crippen molar-refractivity contribution in [1.82, 2.24) is 0 Å². The SMILES string of the molecule is O=Cc1cc(F)cc2ccsc12. The Morgan fingerprint density at radius 1 is 1.42 bits per heavy atom. The average molecular weight is 180 g/mol. The number of hydrogen-bond donors (Lipinski definition) is 0. The molecule has 0 saturated carbocycles. The van der Waals surface area contributed by atoms with Gasteiger partial charge in [0.2, 0.25) is 0 Å². The Kier molecular flexibility index (Phi) is 1.66. The third-order valence-corrected chi connectivity index (χ3v) is 2.65. The molecule has 1 aromatic carbocycles. The van der Waals surface area contributed by atoms with Crippen molar-refractivity contribution in [2.24, 2.45) is 0 Å². The lowest BCUT2D eigenvalue weighted by Crippen LogP contribution is -1.81. The van der Waals surface area contributed by atoms with E-state index in [1.165, 1.54) is 23.5 Å². The molecule has 3 heteroatoms. The lowest BCUT2D eigenvalue weighted by atomic mass is 10.2. The largest absolute Gasteiger partial charge is 0.298 e. The smallest absolute Gasteiger partial charge is 0.151 e. The molecule has 1 heterocycles. The number of halogens is 1. The van der Waals surface area contributed by atoms with Gasteiger partial charge in [0.05, 0.1) is 0 Å². The molecule has 0 bridgehead atoms. The maximum Gasteiger partial charge on any atom is 0.151 e. The zero-order chi connectivity index (χ0) is 8.55. The molecule has 60 valence electrons. The Balaban J connectivity index is 2.88. The van der Waals surface area contributed by atoms with Crippen molar-refractivity contribution in [2.75, 3.05) is 0 Å². The van der Waals surface area contributed by atoms with Crippen LogP contribution in [0.25, 0.3) is 10.1 Å². The van der Waals surface area contributed by atoms with Crippen molar-refractivity contribution in [3.05, 3.63) is 35.0 Å². The summed E-state index contributed by atoms with van der Waals surface area (Å²) < 4.78 is 13.7. The van der Waals surface area contributed by atoms with Gasteiger partial charge in [0.25, 0.3) is 0 Å². The van der Waals surface area contributed by atoms with Gasteiger partial charge in [0.1, 0.15) is 5.82 Å². The van der Waals surface area contributed by atoms with Crippen LogP contribution in [-0.4, -0.2) is 6.29 Å². The quantitative estimate of drug-likeness (QED) is 0.617. The van der Waals surface area contributed by atoms with Crippen molar-refractivity contribution < 1.29 is 9.18 Å². The predicted octanol–water partition coefficient (Wildman–Crippen LogP) is 2.85. The first-order valence-corrected chi connectivity index (χ1v) is 4.31. The van der Waals surface area contributed by atoms with Crippen molar-refractivity contribution in [3.8, 4) is 0 Å². The van der Waals surface area contributed by atoms with Crippen LogP contribution >= 0.6 is 11.3 Å². The Hall–Kier alpha value is -1.22. The summed E-state index contributed by atoms with van der Waals surface area (Å²) in [5, 5.41) is 2.64. The molecule has 0 aliphatic heterocycles. The van der Waals surface area contributed by atoms with E-state index in [0.29, 0.717) is 11.8 Å². The van der Waals surface area contributed by atoms with E-state index in [0.717, 1.165) is 10.1 Å². The zero-order valence-electron chi connectivity index (χ0n) is 6.08. The van der Waals surface area contributed by atoms with Crippen LogP contribution in [0.15, 0.2) is 23.6 Å². The first kappa shape index (κ1) is 7.43. The fourth-order valence-electron chi connectivity index (χ4n) is 1.16. The van der Waals surface area contributed by atoms with Crippen LogP contribution in [0.4, 0.5) is 4.39 Å². The highest BCUT2D eigenvalue weighted by atomic mass is 32.1. The molecule has 12 heavy (non-hydrogen) atoms. The molecule has 0 aliphatic carbocycles. The van der Waals surface area contributed by atoms with Gasteiger partial charge in [0.15, 0.2) is 6.29 Å². The van der Waals surface area contributed by atoms with Gasteiger partial charge < -0.3 is 0 Å².